The Hall–Kier alpha value is -1.43. The quantitative estimate of drug-likeness (QED) is 0.619. The molecule has 0 spiro atoms. The van der Waals surface area contributed by atoms with Gasteiger partial charge in [-0.2, -0.15) is 0 Å². The standard InChI is InChI=1S/C21H34N2O3/c1-21(2,3)23-13-17(24)14-26-20-10-9-16(11-18(20)19(25)12-22)15-7-5-4-6-8-15/h9-11,15,17,23-24H,4-8,12-14,22H2,1-3H3. The number of β-amino-alcohol motifs (C(OH)–C–C–N with tert-alkyl or cyclic N) is 1. The lowest BCUT2D eigenvalue weighted by Crippen LogP contribution is -2.42. The summed E-state index contributed by atoms with van der Waals surface area (Å²) in [5.41, 5.74) is 7.25. The van der Waals surface area contributed by atoms with Crippen molar-refractivity contribution in [2.75, 3.05) is 19.7 Å². The second-order valence-electron chi connectivity index (χ2n) is 8.31. The predicted octanol–water partition coefficient (Wildman–Crippen LogP) is 3.00. The van der Waals surface area contributed by atoms with E-state index in [9.17, 15) is 9.90 Å². The maximum Gasteiger partial charge on any atom is 0.180 e. The third kappa shape index (κ3) is 6.38. The van der Waals surface area contributed by atoms with Gasteiger partial charge in [0.25, 0.3) is 0 Å². The molecule has 0 saturated heterocycles. The first-order chi connectivity index (χ1) is 12.3. The van der Waals surface area contributed by atoms with Crippen molar-refractivity contribution >= 4 is 5.78 Å². The second-order valence-corrected chi connectivity index (χ2v) is 8.31. The molecule has 0 amide bonds. The number of nitrogens with two attached hydrogens (primary N) is 1. The van der Waals surface area contributed by atoms with Crippen molar-refractivity contribution in [1.82, 2.24) is 5.32 Å². The number of carbonyl (C=O) groups excluding carboxylic acids is 1. The molecule has 1 unspecified atom stereocenters. The van der Waals surface area contributed by atoms with Crippen LogP contribution < -0.4 is 15.8 Å². The Balaban J connectivity index is 2.05. The molecule has 146 valence electrons. The van der Waals surface area contributed by atoms with Crippen molar-refractivity contribution in [3.63, 3.8) is 0 Å². The minimum Gasteiger partial charge on any atom is -0.490 e. The fourth-order valence-electron chi connectivity index (χ4n) is 3.36. The van der Waals surface area contributed by atoms with Gasteiger partial charge in [-0.15, -0.1) is 0 Å². The number of nitrogens with one attached hydrogen (secondary N) is 1. The van der Waals surface area contributed by atoms with E-state index in [4.69, 9.17) is 10.5 Å². The molecule has 1 aliphatic carbocycles. The van der Waals surface area contributed by atoms with Gasteiger partial charge < -0.3 is 20.9 Å². The first-order valence-electron chi connectivity index (χ1n) is 9.73. The number of aliphatic hydroxyl groups is 1. The van der Waals surface area contributed by atoms with Gasteiger partial charge in [0, 0.05) is 12.1 Å². The summed E-state index contributed by atoms with van der Waals surface area (Å²) in [6.07, 6.45) is 5.49. The summed E-state index contributed by atoms with van der Waals surface area (Å²) < 4.78 is 5.76. The van der Waals surface area contributed by atoms with Gasteiger partial charge in [-0.25, -0.2) is 0 Å². The van der Waals surface area contributed by atoms with Crippen molar-refractivity contribution in [3.05, 3.63) is 29.3 Å². The Morgan fingerprint density at radius 2 is 2.00 bits per heavy atom. The number of benzene rings is 1. The molecule has 26 heavy (non-hydrogen) atoms. The van der Waals surface area contributed by atoms with E-state index in [-0.39, 0.29) is 24.5 Å². The predicted molar refractivity (Wildman–Crippen MR) is 105 cm³/mol. The van der Waals surface area contributed by atoms with Crippen LogP contribution in [0.15, 0.2) is 18.2 Å². The average molecular weight is 363 g/mol. The highest BCUT2D eigenvalue weighted by atomic mass is 16.5. The zero-order valence-electron chi connectivity index (χ0n) is 16.4. The summed E-state index contributed by atoms with van der Waals surface area (Å²) in [7, 11) is 0. The van der Waals surface area contributed by atoms with E-state index < -0.39 is 6.10 Å². The lowest BCUT2D eigenvalue weighted by atomic mass is 9.83. The maximum absolute atomic E-state index is 12.3. The number of aliphatic hydroxyl groups excluding tert-OH is 1. The van der Waals surface area contributed by atoms with Crippen molar-refractivity contribution in [3.8, 4) is 5.75 Å². The zero-order valence-corrected chi connectivity index (χ0v) is 16.4. The molecule has 0 aliphatic heterocycles. The third-order valence-electron chi connectivity index (χ3n) is 4.87. The summed E-state index contributed by atoms with van der Waals surface area (Å²) in [5.74, 6) is 0.901. The van der Waals surface area contributed by atoms with Gasteiger partial charge in [0.05, 0.1) is 12.1 Å². The molecule has 1 aromatic carbocycles. The summed E-state index contributed by atoms with van der Waals surface area (Å²) in [4.78, 5) is 12.3. The molecular weight excluding hydrogens is 328 g/mol. The highest BCUT2D eigenvalue weighted by molar-refractivity contribution is 6.00. The Bertz CT molecular complexity index is 589. The van der Waals surface area contributed by atoms with E-state index in [1.165, 1.54) is 37.7 Å². The van der Waals surface area contributed by atoms with Crippen molar-refractivity contribution < 1.29 is 14.6 Å². The molecule has 0 radical (unpaired) electrons. The minimum atomic E-state index is -0.645. The zero-order chi connectivity index (χ0) is 19.2. The van der Waals surface area contributed by atoms with Crippen LogP contribution in [-0.4, -0.2) is 42.2 Å². The van der Waals surface area contributed by atoms with Crippen LogP contribution in [0.5, 0.6) is 5.75 Å². The molecule has 1 aromatic rings. The minimum absolute atomic E-state index is 0.0430. The number of carbonyl (C=O) groups is 1. The van der Waals surface area contributed by atoms with Crippen LogP contribution in [0, 0.1) is 0 Å². The van der Waals surface area contributed by atoms with E-state index >= 15 is 0 Å². The summed E-state index contributed by atoms with van der Waals surface area (Å²) in [5, 5.41) is 13.4. The van der Waals surface area contributed by atoms with Gasteiger partial charge >= 0.3 is 0 Å². The van der Waals surface area contributed by atoms with Gasteiger partial charge in [-0.3, -0.25) is 4.79 Å². The average Bonchev–Trinajstić information content (AvgIpc) is 2.64. The topological polar surface area (TPSA) is 84.6 Å². The van der Waals surface area contributed by atoms with Crippen LogP contribution >= 0.6 is 0 Å². The number of ketones is 1. The molecule has 0 bridgehead atoms. The van der Waals surface area contributed by atoms with E-state index in [1.54, 1.807) is 0 Å². The first-order valence-corrected chi connectivity index (χ1v) is 9.73. The second kappa shape index (κ2) is 9.49. The van der Waals surface area contributed by atoms with Gasteiger partial charge in [-0.05, 0) is 57.2 Å². The van der Waals surface area contributed by atoms with Gasteiger partial charge in [0.15, 0.2) is 5.78 Å². The molecular formula is C21H34N2O3. The molecule has 1 saturated carbocycles. The van der Waals surface area contributed by atoms with Crippen LogP contribution in [0.25, 0.3) is 0 Å². The van der Waals surface area contributed by atoms with Crippen molar-refractivity contribution in [2.45, 2.75) is 70.4 Å². The molecule has 4 N–H and O–H groups in total. The van der Waals surface area contributed by atoms with E-state index in [1.807, 2.05) is 32.9 Å². The number of Topliss-reactive ketones (excluding diaryl/α,β-unsaturated/α-hetero) is 1. The van der Waals surface area contributed by atoms with Gasteiger partial charge in [0.2, 0.25) is 0 Å². The molecule has 0 aromatic heterocycles. The van der Waals surface area contributed by atoms with Crippen LogP contribution in [0.1, 0.15) is 74.7 Å². The Morgan fingerprint density at radius 1 is 1.31 bits per heavy atom. The number of hydrogen-bond donors (Lipinski definition) is 3. The summed E-state index contributed by atoms with van der Waals surface area (Å²) >= 11 is 0. The van der Waals surface area contributed by atoms with E-state index in [0.29, 0.717) is 23.8 Å². The SMILES string of the molecule is CC(C)(C)NCC(O)COc1ccc(C2CCCCC2)cc1C(=O)CN. The molecule has 1 aliphatic rings. The number of ether oxygens (including phenoxy) is 1. The van der Waals surface area contributed by atoms with Gasteiger partial charge in [0.1, 0.15) is 18.5 Å². The summed E-state index contributed by atoms with van der Waals surface area (Å²) in [6.45, 7) is 6.66. The number of hydrogen-bond acceptors (Lipinski definition) is 5. The highest BCUT2D eigenvalue weighted by Gasteiger charge is 2.20. The Morgan fingerprint density at radius 3 is 2.62 bits per heavy atom. The molecule has 1 fully saturated rings. The van der Waals surface area contributed by atoms with Crippen LogP contribution in [0.3, 0.4) is 0 Å². The van der Waals surface area contributed by atoms with E-state index in [2.05, 4.69) is 11.4 Å². The van der Waals surface area contributed by atoms with Crippen molar-refractivity contribution in [2.24, 2.45) is 5.73 Å². The first kappa shape index (κ1) is 20.9. The molecule has 1 atom stereocenters. The fraction of sp³-hybridized carbons (Fsp3) is 0.667. The highest BCUT2D eigenvalue weighted by Crippen LogP contribution is 2.34. The monoisotopic (exact) mass is 362 g/mol. The normalized spacial score (nSPS) is 17.1. The van der Waals surface area contributed by atoms with E-state index in [0.717, 1.165) is 0 Å². The smallest absolute Gasteiger partial charge is 0.180 e. The molecule has 0 heterocycles. The lowest BCUT2D eigenvalue weighted by molar-refractivity contribution is 0.0944. The van der Waals surface area contributed by atoms with Crippen molar-refractivity contribution in [1.29, 1.82) is 0 Å². The third-order valence-corrected chi connectivity index (χ3v) is 4.87. The lowest BCUT2D eigenvalue weighted by Gasteiger charge is -2.24. The van der Waals surface area contributed by atoms with Gasteiger partial charge in [-0.1, -0.05) is 25.3 Å². The summed E-state index contributed by atoms with van der Waals surface area (Å²) in [6, 6.07) is 5.86. The van der Waals surface area contributed by atoms with Crippen LogP contribution in [0.4, 0.5) is 0 Å². The Labute approximate surface area is 157 Å². The maximum atomic E-state index is 12.3. The molecule has 5 heteroatoms. The fourth-order valence-corrected chi connectivity index (χ4v) is 3.36. The largest absolute Gasteiger partial charge is 0.490 e. The Kier molecular flexibility index (Phi) is 7.62. The van der Waals surface area contributed by atoms with Crippen LogP contribution in [-0.2, 0) is 0 Å². The molecule has 5 nitrogen and oxygen atoms in total. The molecule has 2 rings (SSSR count). The van der Waals surface area contributed by atoms with Crippen LogP contribution in [0.2, 0.25) is 0 Å². The number of rotatable bonds is 8.